The lowest BCUT2D eigenvalue weighted by Gasteiger charge is -2.08. The number of hydrogen-bond donors (Lipinski definition) is 1. The Labute approximate surface area is 159 Å². The molecule has 0 unspecified atom stereocenters. The monoisotopic (exact) mass is 407 g/mol. The lowest BCUT2D eigenvalue weighted by molar-refractivity contribution is 0.102. The fourth-order valence-electron chi connectivity index (χ4n) is 2.28. The number of halogens is 2. The Kier molecular flexibility index (Phi) is 5.23. The van der Waals surface area contributed by atoms with Crippen LogP contribution in [-0.4, -0.2) is 29.8 Å². The van der Waals surface area contributed by atoms with Gasteiger partial charge in [0.1, 0.15) is 11.6 Å². The minimum absolute atomic E-state index is 0.103. The van der Waals surface area contributed by atoms with Crippen LogP contribution in [-0.2, 0) is 9.84 Å². The molecule has 146 valence electrons. The molecule has 1 heterocycles. The van der Waals surface area contributed by atoms with Crippen molar-refractivity contribution in [2.75, 3.05) is 5.32 Å². The molecule has 1 aromatic heterocycles. The molecule has 0 aliphatic carbocycles. The van der Waals surface area contributed by atoms with Gasteiger partial charge < -0.3 is 4.42 Å². The number of anilines is 1. The van der Waals surface area contributed by atoms with Crippen LogP contribution in [0.15, 0.2) is 51.8 Å². The van der Waals surface area contributed by atoms with Crippen LogP contribution in [0.5, 0.6) is 0 Å². The second-order valence-electron chi connectivity index (χ2n) is 6.11. The highest BCUT2D eigenvalue weighted by atomic mass is 32.2. The molecule has 1 amide bonds. The summed E-state index contributed by atoms with van der Waals surface area (Å²) >= 11 is 0. The van der Waals surface area contributed by atoms with Crippen molar-refractivity contribution in [1.82, 2.24) is 10.2 Å². The van der Waals surface area contributed by atoms with Crippen molar-refractivity contribution in [2.45, 2.75) is 24.0 Å². The van der Waals surface area contributed by atoms with Gasteiger partial charge in [-0.15, -0.1) is 5.10 Å². The van der Waals surface area contributed by atoms with Crippen molar-refractivity contribution < 1.29 is 26.4 Å². The Bertz CT molecular complexity index is 1130. The molecule has 0 spiro atoms. The van der Waals surface area contributed by atoms with Crippen LogP contribution in [0.4, 0.5) is 14.8 Å². The molecule has 2 aromatic carbocycles. The van der Waals surface area contributed by atoms with Crippen LogP contribution >= 0.6 is 0 Å². The Morgan fingerprint density at radius 1 is 1.07 bits per heavy atom. The minimum atomic E-state index is -3.45. The van der Waals surface area contributed by atoms with Crippen molar-refractivity contribution in [3.05, 3.63) is 59.7 Å². The number of hydrogen-bond acceptors (Lipinski definition) is 6. The molecule has 3 aromatic rings. The van der Waals surface area contributed by atoms with Crippen LogP contribution in [0.3, 0.4) is 0 Å². The summed E-state index contributed by atoms with van der Waals surface area (Å²) in [5, 5.41) is 8.96. The average Bonchev–Trinajstić information content (AvgIpc) is 3.09. The zero-order chi connectivity index (χ0) is 20.5. The van der Waals surface area contributed by atoms with E-state index in [1.54, 1.807) is 13.8 Å². The van der Waals surface area contributed by atoms with Gasteiger partial charge in [-0.25, -0.2) is 17.2 Å². The third-order valence-corrected chi connectivity index (χ3v) is 6.04. The molecular weight excluding hydrogens is 392 g/mol. The molecule has 10 heteroatoms. The SMILES string of the molecule is CC(C)S(=O)(=O)c1ccc(C(=O)Nc2nnc(-c3ccc(F)cc3F)o2)cc1. The maximum absolute atomic E-state index is 13.8. The fourth-order valence-corrected chi connectivity index (χ4v) is 3.34. The summed E-state index contributed by atoms with van der Waals surface area (Å²) in [5.74, 6) is -2.49. The van der Waals surface area contributed by atoms with E-state index in [4.69, 9.17) is 4.42 Å². The molecule has 7 nitrogen and oxygen atoms in total. The van der Waals surface area contributed by atoms with Crippen LogP contribution in [0, 0.1) is 11.6 Å². The highest BCUT2D eigenvalue weighted by Crippen LogP contribution is 2.24. The van der Waals surface area contributed by atoms with E-state index in [2.05, 4.69) is 15.5 Å². The maximum Gasteiger partial charge on any atom is 0.322 e. The van der Waals surface area contributed by atoms with Crippen LogP contribution in [0.1, 0.15) is 24.2 Å². The number of rotatable bonds is 5. The number of carbonyl (C=O) groups is 1. The van der Waals surface area contributed by atoms with Gasteiger partial charge in [0.15, 0.2) is 9.84 Å². The average molecular weight is 407 g/mol. The third kappa shape index (κ3) is 3.91. The molecule has 0 atom stereocenters. The number of benzene rings is 2. The fraction of sp³-hybridized carbons (Fsp3) is 0.167. The third-order valence-electron chi connectivity index (χ3n) is 3.87. The van der Waals surface area contributed by atoms with E-state index >= 15 is 0 Å². The summed E-state index contributed by atoms with van der Waals surface area (Å²) in [6, 6.07) is 7.91. The summed E-state index contributed by atoms with van der Waals surface area (Å²) in [6.45, 7) is 3.13. The maximum atomic E-state index is 13.8. The summed E-state index contributed by atoms with van der Waals surface area (Å²) in [5.41, 5.74) is 0.0491. The first-order valence-corrected chi connectivity index (χ1v) is 9.67. The zero-order valence-electron chi connectivity index (χ0n) is 14.8. The molecule has 0 radical (unpaired) electrons. The first kappa shape index (κ1) is 19.6. The number of nitrogens with zero attached hydrogens (tertiary/aromatic N) is 2. The molecule has 0 saturated heterocycles. The lowest BCUT2D eigenvalue weighted by atomic mass is 10.2. The number of amides is 1. The summed E-state index contributed by atoms with van der Waals surface area (Å²) in [4.78, 5) is 12.4. The number of nitrogens with one attached hydrogen (secondary N) is 1. The Hall–Kier alpha value is -3.14. The van der Waals surface area contributed by atoms with E-state index in [0.29, 0.717) is 6.07 Å². The highest BCUT2D eigenvalue weighted by Gasteiger charge is 2.20. The zero-order valence-corrected chi connectivity index (χ0v) is 15.6. The van der Waals surface area contributed by atoms with Gasteiger partial charge in [-0.2, -0.15) is 0 Å². The van der Waals surface area contributed by atoms with Gasteiger partial charge in [0.2, 0.25) is 0 Å². The van der Waals surface area contributed by atoms with Gasteiger partial charge in [0.25, 0.3) is 11.8 Å². The van der Waals surface area contributed by atoms with Crippen molar-refractivity contribution >= 4 is 21.8 Å². The van der Waals surface area contributed by atoms with Gasteiger partial charge in [0, 0.05) is 11.6 Å². The lowest BCUT2D eigenvalue weighted by Crippen LogP contribution is -2.15. The van der Waals surface area contributed by atoms with Crippen molar-refractivity contribution in [3.63, 3.8) is 0 Å². The first-order chi connectivity index (χ1) is 13.2. The van der Waals surface area contributed by atoms with E-state index in [1.807, 2.05) is 0 Å². The first-order valence-electron chi connectivity index (χ1n) is 8.12. The van der Waals surface area contributed by atoms with Crippen molar-refractivity contribution in [2.24, 2.45) is 0 Å². The van der Waals surface area contributed by atoms with E-state index in [-0.39, 0.29) is 27.9 Å². The molecule has 0 fully saturated rings. The van der Waals surface area contributed by atoms with Gasteiger partial charge in [-0.1, -0.05) is 5.10 Å². The summed E-state index contributed by atoms with van der Waals surface area (Å²) in [7, 11) is -3.45. The van der Waals surface area contributed by atoms with Crippen LogP contribution < -0.4 is 5.32 Å². The highest BCUT2D eigenvalue weighted by molar-refractivity contribution is 7.92. The van der Waals surface area contributed by atoms with E-state index < -0.39 is 32.6 Å². The minimum Gasteiger partial charge on any atom is -0.403 e. The van der Waals surface area contributed by atoms with Crippen molar-refractivity contribution in [1.29, 1.82) is 0 Å². The number of aromatic nitrogens is 2. The summed E-state index contributed by atoms with van der Waals surface area (Å²) < 4.78 is 56.1. The summed E-state index contributed by atoms with van der Waals surface area (Å²) in [6.07, 6.45) is 0. The molecule has 0 saturated carbocycles. The van der Waals surface area contributed by atoms with E-state index in [9.17, 15) is 22.0 Å². The second kappa shape index (κ2) is 7.47. The largest absolute Gasteiger partial charge is 0.403 e. The van der Waals surface area contributed by atoms with Crippen LogP contribution in [0.25, 0.3) is 11.5 Å². The molecule has 3 rings (SSSR count). The van der Waals surface area contributed by atoms with Gasteiger partial charge >= 0.3 is 6.01 Å². The topological polar surface area (TPSA) is 102 Å². The normalized spacial score (nSPS) is 11.6. The van der Waals surface area contributed by atoms with Crippen LogP contribution in [0.2, 0.25) is 0 Å². The molecule has 28 heavy (non-hydrogen) atoms. The van der Waals surface area contributed by atoms with E-state index in [1.165, 1.54) is 24.3 Å². The quantitative estimate of drug-likeness (QED) is 0.695. The number of carbonyl (C=O) groups excluding carboxylic acids is 1. The molecule has 0 aliphatic heterocycles. The van der Waals surface area contributed by atoms with Gasteiger partial charge in [0.05, 0.1) is 15.7 Å². The second-order valence-corrected chi connectivity index (χ2v) is 8.61. The molecule has 1 N–H and O–H groups in total. The molecular formula is C18H15F2N3O4S. The Morgan fingerprint density at radius 2 is 1.75 bits per heavy atom. The molecule has 0 bridgehead atoms. The predicted octanol–water partition coefficient (Wildman–Crippen LogP) is 3.45. The van der Waals surface area contributed by atoms with E-state index in [0.717, 1.165) is 12.1 Å². The van der Waals surface area contributed by atoms with Crippen molar-refractivity contribution in [3.8, 4) is 11.5 Å². The smallest absolute Gasteiger partial charge is 0.322 e. The Morgan fingerprint density at radius 3 is 2.36 bits per heavy atom. The standard InChI is InChI=1S/C18H15F2N3O4S/c1-10(2)28(25,26)13-6-3-11(4-7-13)16(24)21-18-23-22-17(27-18)14-8-5-12(19)9-15(14)20/h3-10H,1-2H3,(H,21,23,24). The van der Waals surface area contributed by atoms with Gasteiger partial charge in [-0.05, 0) is 50.2 Å². The Balaban J connectivity index is 1.76. The molecule has 0 aliphatic rings. The predicted molar refractivity (Wildman–Crippen MR) is 96.4 cm³/mol. The van der Waals surface area contributed by atoms with Gasteiger partial charge in [-0.3, -0.25) is 10.1 Å². The number of sulfone groups is 1.